The van der Waals surface area contributed by atoms with Gasteiger partial charge in [0, 0.05) is 32.4 Å². The van der Waals surface area contributed by atoms with Gasteiger partial charge < -0.3 is 13.3 Å². The normalized spacial score (nSPS) is 22.1. The summed E-state index contributed by atoms with van der Waals surface area (Å²) >= 11 is 0. The van der Waals surface area contributed by atoms with Crippen LogP contribution in [0.5, 0.6) is 0 Å². The van der Waals surface area contributed by atoms with Crippen LogP contribution in [0.25, 0.3) is 0 Å². The van der Waals surface area contributed by atoms with E-state index in [0.717, 1.165) is 25.9 Å². The second-order valence-corrected chi connectivity index (χ2v) is 8.80. The van der Waals surface area contributed by atoms with Crippen molar-refractivity contribution >= 4 is 8.80 Å². The Balaban J connectivity index is 2.04. The lowest BCUT2D eigenvalue weighted by molar-refractivity contribution is 0.0307. The molecule has 0 aliphatic carbocycles. The molecule has 1 aromatic carbocycles. The summed E-state index contributed by atoms with van der Waals surface area (Å²) in [4.78, 5) is 2.41. The van der Waals surface area contributed by atoms with Gasteiger partial charge in [-0.3, -0.25) is 4.90 Å². The Morgan fingerprint density at radius 3 is 2.35 bits per heavy atom. The zero-order chi connectivity index (χ0) is 16.7. The van der Waals surface area contributed by atoms with Crippen molar-refractivity contribution in [3.63, 3.8) is 0 Å². The monoisotopic (exact) mass is 337 g/mol. The van der Waals surface area contributed by atoms with Crippen molar-refractivity contribution < 1.29 is 13.3 Å². The predicted molar refractivity (Wildman–Crippen MR) is 95.1 cm³/mol. The summed E-state index contributed by atoms with van der Waals surface area (Å²) < 4.78 is 18.7. The third kappa shape index (κ3) is 5.13. The zero-order valence-corrected chi connectivity index (χ0v) is 16.0. The quantitative estimate of drug-likeness (QED) is 0.456. The molecule has 130 valence electrons. The molecule has 1 heterocycles. The number of benzene rings is 1. The van der Waals surface area contributed by atoms with Crippen molar-refractivity contribution in [3.05, 3.63) is 35.9 Å². The second kappa shape index (κ2) is 8.94. The molecule has 4 nitrogen and oxygen atoms in total. The fourth-order valence-corrected chi connectivity index (χ4v) is 6.27. The largest absolute Gasteiger partial charge is 0.520 e. The average Bonchev–Trinajstić information content (AvgIpc) is 3.29. The first-order chi connectivity index (χ1) is 11.1. The van der Waals surface area contributed by atoms with Gasteiger partial charge in [-0.1, -0.05) is 43.7 Å². The molecule has 0 radical (unpaired) electrons. The maximum absolute atomic E-state index is 6.40. The molecule has 2 rings (SSSR count). The Hall–Kier alpha value is -0.723. The summed E-state index contributed by atoms with van der Waals surface area (Å²) in [6.45, 7) is 11.6. The fourth-order valence-electron chi connectivity index (χ4n) is 3.03. The van der Waals surface area contributed by atoms with Crippen molar-refractivity contribution in [1.29, 1.82) is 0 Å². The van der Waals surface area contributed by atoms with Crippen LogP contribution in [0.2, 0.25) is 0 Å². The minimum absolute atomic E-state index is 0.184. The Morgan fingerprint density at radius 2 is 1.78 bits per heavy atom. The molecule has 1 fully saturated rings. The van der Waals surface area contributed by atoms with Crippen molar-refractivity contribution in [3.8, 4) is 0 Å². The Bertz CT molecular complexity index is 451. The molecule has 0 N–H and O–H groups in total. The van der Waals surface area contributed by atoms with Crippen molar-refractivity contribution in [2.45, 2.75) is 58.9 Å². The van der Waals surface area contributed by atoms with E-state index < -0.39 is 8.80 Å². The lowest BCUT2D eigenvalue weighted by Gasteiger charge is -2.32. The van der Waals surface area contributed by atoms with E-state index in [2.05, 4.69) is 49.1 Å². The van der Waals surface area contributed by atoms with Crippen molar-refractivity contribution in [2.24, 2.45) is 0 Å². The summed E-state index contributed by atoms with van der Waals surface area (Å²) in [6.07, 6.45) is 2.34. The van der Waals surface area contributed by atoms with Crippen LogP contribution in [0, 0.1) is 0 Å². The molecule has 1 saturated heterocycles. The molecule has 0 aromatic heterocycles. The highest BCUT2D eigenvalue weighted by Gasteiger charge is 2.60. The summed E-state index contributed by atoms with van der Waals surface area (Å²) in [7, 11) is -2.65. The molecular formula is C18H31NO3Si. The van der Waals surface area contributed by atoms with E-state index in [1.165, 1.54) is 5.56 Å². The van der Waals surface area contributed by atoms with E-state index in [9.17, 15) is 0 Å². The van der Waals surface area contributed by atoms with Crippen LogP contribution in [0.1, 0.15) is 46.1 Å². The molecule has 5 heteroatoms. The van der Waals surface area contributed by atoms with E-state index in [4.69, 9.17) is 13.3 Å². The van der Waals surface area contributed by atoms with Gasteiger partial charge in [0.25, 0.3) is 0 Å². The molecule has 3 unspecified atom stereocenters. The first-order valence-electron chi connectivity index (χ1n) is 8.88. The van der Waals surface area contributed by atoms with E-state index in [1.54, 1.807) is 0 Å². The third-order valence-corrected chi connectivity index (χ3v) is 7.58. The second-order valence-electron chi connectivity index (χ2n) is 6.12. The Morgan fingerprint density at radius 1 is 1.13 bits per heavy atom. The van der Waals surface area contributed by atoms with Gasteiger partial charge in [-0.05, 0) is 32.8 Å². The van der Waals surface area contributed by atoms with Gasteiger partial charge in [0.15, 0.2) is 0 Å². The van der Waals surface area contributed by atoms with Crippen LogP contribution in [0.15, 0.2) is 30.3 Å². The van der Waals surface area contributed by atoms with Gasteiger partial charge >= 0.3 is 8.80 Å². The van der Waals surface area contributed by atoms with Crippen LogP contribution in [-0.2, 0) is 19.8 Å². The topological polar surface area (TPSA) is 30.7 Å². The van der Waals surface area contributed by atoms with Gasteiger partial charge in [-0.25, -0.2) is 0 Å². The fraction of sp³-hybridized carbons (Fsp3) is 0.667. The highest BCUT2D eigenvalue weighted by Crippen LogP contribution is 2.33. The zero-order valence-electron chi connectivity index (χ0n) is 15.0. The van der Waals surface area contributed by atoms with Gasteiger partial charge in [0.2, 0.25) is 0 Å². The molecule has 1 aliphatic rings. The summed E-state index contributed by atoms with van der Waals surface area (Å²) in [5.74, 6) is 0. The molecular weight excluding hydrogens is 306 g/mol. The maximum atomic E-state index is 6.40. The number of nitrogens with zero attached hydrogens (tertiary/aromatic N) is 1. The molecule has 0 saturated carbocycles. The molecule has 23 heavy (non-hydrogen) atoms. The minimum atomic E-state index is -2.65. The van der Waals surface area contributed by atoms with E-state index in [-0.39, 0.29) is 6.10 Å². The first kappa shape index (κ1) is 18.6. The molecule has 3 atom stereocenters. The number of rotatable bonds is 11. The standard InChI is InChI=1S/C18H31NO3Si/c1-5-11-16(4)22-23(20-6-2,21-7-3)18-15-19(18)14-17-12-9-8-10-13-17/h8-10,12-13,16,18H,5-7,11,14-15H2,1-4H3. The lowest BCUT2D eigenvalue weighted by atomic mass is 10.2. The van der Waals surface area contributed by atoms with Crippen molar-refractivity contribution in [2.75, 3.05) is 19.8 Å². The van der Waals surface area contributed by atoms with Crippen LogP contribution in [0.4, 0.5) is 0 Å². The highest BCUT2D eigenvalue weighted by atomic mass is 28.4. The van der Waals surface area contributed by atoms with Gasteiger partial charge in [0.1, 0.15) is 0 Å². The van der Waals surface area contributed by atoms with Gasteiger partial charge in [-0.2, -0.15) is 0 Å². The SMILES string of the molecule is CCCC(C)O[Si](OCC)(OCC)C1CN1Cc1ccccc1. The lowest BCUT2D eigenvalue weighted by Crippen LogP contribution is -2.54. The van der Waals surface area contributed by atoms with E-state index >= 15 is 0 Å². The Kier molecular flexibility index (Phi) is 7.24. The third-order valence-electron chi connectivity index (χ3n) is 4.10. The molecule has 1 aliphatic heterocycles. The molecule has 1 aromatic rings. The number of hydrogen-bond donors (Lipinski definition) is 0. The number of hydrogen-bond acceptors (Lipinski definition) is 4. The predicted octanol–water partition coefficient (Wildman–Crippen LogP) is 3.63. The van der Waals surface area contributed by atoms with Gasteiger partial charge in [-0.15, -0.1) is 0 Å². The first-order valence-corrected chi connectivity index (χ1v) is 10.7. The molecule has 0 amide bonds. The Labute approximate surface area is 142 Å². The van der Waals surface area contributed by atoms with Crippen molar-refractivity contribution in [1.82, 2.24) is 4.90 Å². The minimum Gasteiger partial charge on any atom is -0.373 e. The van der Waals surface area contributed by atoms with Crippen LogP contribution >= 0.6 is 0 Å². The summed E-state index contributed by atoms with van der Waals surface area (Å²) in [5.41, 5.74) is 1.62. The summed E-state index contributed by atoms with van der Waals surface area (Å²) in [5, 5.41) is 0. The van der Waals surface area contributed by atoms with Crippen LogP contribution in [0.3, 0.4) is 0 Å². The van der Waals surface area contributed by atoms with E-state index in [1.807, 2.05) is 13.8 Å². The van der Waals surface area contributed by atoms with Gasteiger partial charge in [0.05, 0.1) is 5.67 Å². The van der Waals surface area contributed by atoms with Crippen LogP contribution < -0.4 is 0 Å². The maximum Gasteiger partial charge on any atom is 0.520 e. The smallest absolute Gasteiger partial charge is 0.373 e. The highest BCUT2D eigenvalue weighted by molar-refractivity contribution is 6.63. The van der Waals surface area contributed by atoms with E-state index in [0.29, 0.717) is 18.9 Å². The summed E-state index contributed by atoms with van der Waals surface area (Å²) in [6, 6.07) is 10.6. The average molecular weight is 338 g/mol. The molecule has 0 bridgehead atoms. The van der Waals surface area contributed by atoms with Crippen LogP contribution in [-0.4, -0.2) is 45.2 Å². The molecule has 0 spiro atoms.